The molecule has 2 N–H and O–H groups in total. The highest BCUT2D eigenvalue weighted by molar-refractivity contribution is 9.10. The van der Waals surface area contributed by atoms with Crippen molar-refractivity contribution in [1.82, 2.24) is 15.1 Å². The number of morpholine rings is 1. The summed E-state index contributed by atoms with van der Waals surface area (Å²) in [6.45, 7) is 3.65. The summed E-state index contributed by atoms with van der Waals surface area (Å²) < 4.78 is 6.34. The molecule has 19 heavy (non-hydrogen) atoms. The van der Waals surface area contributed by atoms with Crippen LogP contribution in [0.4, 0.5) is 5.69 Å². The SMILES string of the molecule is O=c1[nH]ncc(NCC2CN3CCCC3CO2)c1Br. The summed E-state index contributed by atoms with van der Waals surface area (Å²) in [6, 6.07) is 0.615. The van der Waals surface area contributed by atoms with Gasteiger partial charge < -0.3 is 10.1 Å². The van der Waals surface area contributed by atoms with E-state index >= 15 is 0 Å². The Balaban J connectivity index is 1.57. The number of aromatic nitrogens is 2. The molecule has 0 bridgehead atoms. The predicted octanol–water partition coefficient (Wildman–Crippen LogP) is 0.807. The summed E-state index contributed by atoms with van der Waals surface area (Å²) in [7, 11) is 0. The third-order valence-corrected chi connectivity index (χ3v) is 4.56. The summed E-state index contributed by atoms with van der Waals surface area (Å²) in [6.07, 6.45) is 4.30. The van der Waals surface area contributed by atoms with Gasteiger partial charge in [0.2, 0.25) is 0 Å². The van der Waals surface area contributed by atoms with E-state index in [0.29, 0.717) is 22.7 Å². The lowest BCUT2D eigenvalue weighted by molar-refractivity contribution is -0.0415. The van der Waals surface area contributed by atoms with E-state index in [9.17, 15) is 4.79 Å². The van der Waals surface area contributed by atoms with E-state index in [4.69, 9.17) is 4.74 Å². The van der Waals surface area contributed by atoms with Gasteiger partial charge in [0.15, 0.2) is 0 Å². The van der Waals surface area contributed by atoms with Crippen LogP contribution in [0.1, 0.15) is 12.8 Å². The zero-order chi connectivity index (χ0) is 13.2. The molecule has 0 amide bonds. The van der Waals surface area contributed by atoms with Gasteiger partial charge in [-0.1, -0.05) is 0 Å². The zero-order valence-electron chi connectivity index (χ0n) is 10.6. The Morgan fingerprint density at radius 3 is 3.42 bits per heavy atom. The van der Waals surface area contributed by atoms with E-state index < -0.39 is 0 Å². The number of rotatable bonds is 3. The number of H-pyrrole nitrogens is 1. The Morgan fingerprint density at radius 2 is 2.53 bits per heavy atom. The van der Waals surface area contributed by atoms with Gasteiger partial charge in [-0.05, 0) is 35.3 Å². The molecule has 0 saturated carbocycles. The number of fused-ring (bicyclic) bond motifs is 1. The van der Waals surface area contributed by atoms with Gasteiger partial charge in [-0.2, -0.15) is 5.10 Å². The van der Waals surface area contributed by atoms with Crippen LogP contribution in [-0.2, 0) is 4.74 Å². The van der Waals surface area contributed by atoms with Crippen molar-refractivity contribution in [3.8, 4) is 0 Å². The topological polar surface area (TPSA) is 70.2 Å². The second-order valence-corrected chi connectivity index (χ2v) is 5.85. The number of hydrogen-bond acceptors (Lipinski definition) is 5. The molecule has 2 unspecified atom stereocenters. The third kappa shape index (κ3) is 2.82. The van der Waals surface area contributed by atoms with Crippen molar-refractivity contribution in [3.05, 3.63) is 21.0 Å². The first-order chi connectivity index (χ1) is 9.24. The fourth-order valence-corrected chi connectivity index (χ4v) is 3.07. The molecule has 2 aliphatic rings. The first kappa shape index (κ1) is 13.1. The Labute approximate surface area is 119 Å². The Morgan fingerprint density at radius 1 is 1.63 bits per heavy atom. The molecule has 0 spiro atoms. The quantitative estimate of drug-likeness (QED) is 0.859. The standard InChI is InChI=1S/C12H17BrN4O2/c13-11-10(5-15-16-12(11)18)14-4-9-6-17-3-1-2-8(17)7-19-9/h5,8-9H,1-4,6-7H2,(H2,14,16,18). The van der Waals surface area contributed by atoms with Crippen molar-refractivity contribution < 1.29 is 4.74 Å². The Kier molecular flexibility index (Phi) is 3.86. The maximum absolute atomic E-state index is 11.4. The number of ether oxygens (including phenoxy) is 1. The van der Waals surface area contributed by atoms with Gasteiger partial charge in [-0.3, -0.25) is 9.69 Å². The maximum atomic E-state index is 11.4. The van der Waals surface area contributed by atoms with Gasteiger partial charge in [0.05, 0.1) is 24.6 Å². The van der Waals surface area contributed by atoms with Gasteiger partial charge >= 0.3 is 0 Å². The first-order valence-electron chi connectivity index (χ1n) is 6.57. The van der Waals surface area contributed by atoms with E-state index in [1.807, 2.05) is 0 Å². The number of anilines is 1. The molecule has 104 valence electrons. The minimum Gasteiger partial charge on any atom is -0.380 e. The predicted molar refractivity (Wildman–Crippen MR) is 75.4 cm³/mol. The number of halogens is 1. The highest BCUT2D eigenvalue weighted by Crippen LogP contribution is 2.23. The van der Waals surface area contributed by atoms with Crippen LogP contribution in [0.25, 0.3) is 0 Å². The number of nitrogens with one attached hydrogen (secondary N) is 2. The summed E-state index contributed by atoms with van der Waals surface area (Å²) in [5.41, 5.74) is 0.477. The molecule has 0 aliphatic carbocycles. The van der Waals surface area contributed by atoms with E-state index in [1.54, 1.807) is 6.20 Å². The molecule has 0 aromatic carbocycles. The molecular weight excluding hydrogens is 312 g/mol. The number of nitrogens with zero attached hydrogens (tertiary/aromatic N) is 2. The van der Waals surface area contributed by atoms with Crippen molar-refractivity contribution in [2.75, 3.05) is 31.6 Å². The van der Waals surface area contributed by atoms with Crippen LogP contribution in [0.2, 0.25) is 0 Å². The van der Waals surface area contributed by atoms with Gasteiger partial charge in [-0.15, -0.1) is 0 Å². The van der Waals surface area contributed by atoms with Crippen molar-refractivity contribution in [1.29, 1.82) is 0 Å². The van der Waals surface area contributed by atoms with E-state index in [1.165, 1.54) is 19.4 Å². The van der Waals surface area contributed by atoms with Gasteiger partial charge in [-0.25, -0.2) is 5.10 Å². The van der Waals surface area contributed by atoms with E-state index in [2.05, 4.69) is 36.3 Å². The largest absolute Gasteiger partial charge is 0.380 e. The molecular formula is C12H17BrN4O2. The van der Waals surface area contributed by atoms with Gasteiger partial charge in [0.1, 0.15) is 4.47 Å². The lowest BCUT2D eigenvalue weighted by Crippen LogP contribution is -2.48. The van der Waals surface area contributed by atoms with Gasteiger partial charge in [0.25, 0.3) is 5.56 Å². The van der Waals surface area contributed by atoms with Crippen LogP contribution in [-0.4, -0.2) is 53.5 Å². The lowest BCUT2D eigenvalue weighted by Gasteiger charge is -2.35. The maximum Gasteiger partial charge on any atom is 0.280 e. The van der Waals surface area contributed by atoms with Crippen LogP contribution in [0.5, 0.6) is 0 Å². The first-order valence-corrected chi connectivity index (χ1v) is 7.36. The van der Waals surface area contributed by atoms with Crippen LogP contribution in [0.3, 0.4) is 0 Å². The average Bonchev–Trinajstić information content (AvgIpc) is 2.88. The van der Waals surface area contributed by atoms with Crippen LogP contribution in [0, 0.1) is 0 Å². The third-order valence-electron chi connectivity index (χ3n) is 3.78. The smallest absolute Gasteiger partial charge is 0.280 e. The molecule has 0 radical (unpaired) electrons. The molecule has 3 heterocycles. The molecule has 1 aromatic rings. The van der Waals surface area contributed by atoms with Crippen molar-refractivity contribution in [2.45, 2.75) is 25.0 Å². The summed E-state index contributed by atoms with van der Waals surface area (Å²) in [5, 5.41) is 9.38. The fourth-order valence-electron chi connectivity index (χ4n) is 2.74. The molecule has 2 atom stereocenters. The van der Waals surface area contributed by atoms with Crippen molar-refractivity contribution >= 4 is 21.6 Å². The Hall–Kier alpha value is -0.920. The molecule has 2 saturated heterocycles. The molecule has 1 aromatic heterocycles. The molecule has 7 heteroatoms. The fraction of sp³-hybridized carbons (Fsp3) is 0.667. The minimum atomic E-state index is -0.228. The molecule has 2 aliphatic heterocycles. The minimum absolute atomic E-state index is 0.167. The van der Waals surface area contributed by atoms with Crippen LogP contribution >= 0.6 is 15.9 Å². The van der Waals surface area contributed by atoms with Crippen LogP contribution < -0.4 is 10.9 Å². The summed E-state index contributed by atoms with van der Waals surface area (Å²) >= 11 is 3.25. The molecule has 6 nitrogen and oxygen atoms in total. The van der Waals surface area contributed by atoms with Crippen molar-refractivity contribution in [2.24, 2.45) is 0 Å². The van der Waals surface area contributed by atoms with Gasteiger partial charge in [0, 0.05) is 19.1 Å². The molecule has 3 rings (SSSR count). The number of hydrogen-bond donors (Lipinski definition) is 2. The van der Waals surface area contributed by atoms with E-state index in [-0.39, 0.29) is 11.7 Å². The Bertz CT molecular complexity index is 507. The second-order valence-electron chi connectivity index (χ2n) is 5.05. The summed E-state index contributed by atoms with van der Waals surface area (Å²) in [4.78, 5) is 13.9. The molecule has 2 fully saturated rings. The second kappa shape index (κ2) is 5.60. The normalized spacial score (nSPS) is 27.2. The highest BCUT2D eigenvalue weighted by atomic mass is 79.9. The summed E-state index contributed by atoms with van der Waals surface area (Å²) in [5.74, 6) is 0. The lowest BCUT2D eigenvalue weighted by atomic mass is 10.2. The highest BCUT2D eigenvalue weighted by Gasteiger charge is 2.31. The zero-order valence-corrected chi connectivity index (χ0v) is 12.1. The van der Waals surface area contributed by atoms with Crippen molar-refractivity contribution in [3.63, 3.8) is 0 Å². The monoisotopic (exact) mass is 328 g/mol. The average molecular weight is 329 g/mol. The number of aromatic amines is 1. The van der Waals surface area contributed by atoms with E-state index in [0.717, 1.165) is 13.2 Å². The van der Waals surface area contributed by atoms with Crippen LogP contribution in [0.15, 0.2) is 15.5 Å².